The Hall–Kier alpha value is -0.570. The molecule has 3 saturated carbocycles. The summed E-state index contributed by atoms with van der Waals surface area (Å²) in [7, 11) is 0. The molecular weight excluding hydrogens is 214 g/mol. The second-order valence-electron chi connectivity index (χ2n) is 6.16. The molecule has 5 unspecified atom stereocenters. The first-order chi connectivity index (χ1) is 8.29. The molecule has 0 spiro atoms. The summed E-state index contributed by atoms with van der Waals surface area (Å²) >= 11 is 0. The molecule has 3 aliphatic rings. The van der Waals surface area contributed by atoms with Crippen molar-refractivity contribution in [3.8, 4) is 0 Å². The topological polar surface area (TPSA) is 49.3 Å². The van der Waals surface area contributed by atoms with Gasteiger partial charge in [0.2, 0.25) is 5.91 Å². The molecule has 0 heterocycles. The number of fused-ring (bicyclic) bond motifs is 5. The summed E-state index contributed by atoms with van der Waals surface area (Å²) < 4.78 is 0. The van der Waals surface area contributed by atoms with Crippen molar-refractivity contribution in [3.05, 3.63) is 0 Å². The number of nitrogens with one attached hydrogen (secondary N) is 1. The highest BCUT2D eigenvalue weighted by atomic mass is 16.3. The Morgan fingerprint density at radius 3 is 2.82 bits per heavy atom. The summed E-state index contributed by atoms with van der Waals surface area (Å²) in [6.45, 7) is 0.120. The Balaban J connectivity index is 1.55. The Morgan fingerprint density at radius 2 is 2.00 bits per heavy atom. The molecule has 0 aromatic heterocycles. The summed E-state index contributed by atoms with van der Waals surface area (Å²) in [5.74, 6) is 3.72. The maximum atomic E-state index is 11.7. The van der Waals surface area contributed by atoms with Crippen molar-refractivity contribution < 1.29 is 9.90 Å². The van der Waals surface area contributed by atoms with E-state index in [9.17, 15) is 4.79 Å². The average Bonchev–Trinajstić information content (AvgIpc) is 2.96. The minimum Gasteiger partial charge on any atom is -0.396 e. The third kappa shape index (κ3) is 1.99. The third-order valence-electron chi connectivity index (χ3n) is 5.34. The molecule has 3 fully saturated rings. The van der Waals surface area contributed by atoms with Crippen LogP contribution in [-0.2, 0) is 4.79 Å². The number of rotatable bonds is 4. The zero-order valence-corrected chi connectivity index (χ0v) is 10.4. The molecule has 5 atom stereocenters. The van der Waals surface area contributed by atoms with E-state index >= 15 is 0 Å². The molecule has 0 aliphatic heterocycles. The van der Waals surface area contributed by atoms with Crippen LogP contribution in [0.5, 0.6) is 0 Å². The SMILES string of the molecule is O=C(CCCO)NC1CC2CC1C1CCCC21. The molecule has 1 amide bonds. The summed E-state index contributed by atoms with van der Waals surface area (Å²) in [5.41, 5.74) is 0. The van der Waals surface area contributed by atoms with Crippen molar-refractivity contribution in [1.29, 1.82) is 0 Å². The van der Waals surface area contributed by atoms with Gasteiger partial charge in [0.15, 0.2) is 0 Å². The second-order valence-corrected chi connectivity index (χ2v) is 6.16. The third-order valence-corrected chi connectivity index (χ3v) is 5.34. The molecule has 17 heavy (non-hydrogen) atoms. The molecule has 3 rings (SSSR count). The molecule has 0 radical (unpaired) electrons. The minimum absolute atomic E-state index is 0.120. The lowest BCUT2D eigenvalue weighted by molar-refractivity contribution is -0.122. The van der Waals surface area contributed by atoms with E-state index in [0.717, 1.165) is 23.7 Å². The van der Waals surface area contributed by atoms with Crippen molar-refractivity contribution in [2.45, 2.75) is 51.0 Å². The Kier molecular flexibility index (Phi) is 3.12. The molecule has 3 nitrogen and oxygen atoms in total. The molecule has 0 aromatic carbocycles. The van der Waals surface area contributed by atoms with Gasteiger partial charge in [0.25, 0.3) is 0 Å². The van der Waals surface area contributed by atoms with Crippen molar-refractivity contribution in [2.24, 2.45) is 23.7 Å². The van der Waals surface area contributed by atoms with E-state index in [2.05, 4.69) is 5.32 Å². The van der Waals surface area contributed by atoms with E-state index in [1.165, 1.54) is 32.1 Å². The first-order valence-corrected chi connectivity index (χ1v) is 7.20. The summed E-state index contributed by atoms with van der Waals surface area (Å²) in [6.07, 6.45) is 7.91. The first kappa shape index (κ1) is 11.5. The molecule has 0 saturated heterocycles. The Bertz CT molecular complexity index is 305. The van der Waals surface area contributed by atoms with Crippen LogP contribution in [0.15, 0.2) is 0 Å². The van der Waals surface area contributed by atoms with E-state index < -0.39 is 0 Å². The fourth-order valence-electron chi connectivity index (χ4n) is 4.75. The number of hydrogen-bond acceptors (Lipinski definition) is 2. The maximum Gasteiger partial charge on any atom is 0.220 e. The van der Waals surface area contributed by atoms with Gasteiger partial charge in [-0.15, -0.1) is 0 Å². The largest absolute Gasteiger partial charge is 0.396 e. The molecule has 3 heteroatoms. The van der Waals surface area contributed by atoms with Crippen LogP contribution in [0.4, 0.5) is 0 Å². The average molecular weight is 237 g/mol. The predicted molar refractivity (Wildman–Crippen MR) is 65.3 cm³/mol. The summed E-state index contributed by atoms with van der Waals surface area (Å²) in [6, 6.07) is 0.450. The number of amides is 1. The van der Waals surface area contributed by atoms with Gasteiger partial charge < -0.3 is 10.4 Å². The highest BCUT2D eigenvalue weighted by Gasteiger charge is 2.53. The molecule has 96 valence electrons. The number of aliphatic hydroxyl groups excluding tert-OH is 1. The normalized spacial score (nSPS) is 42.8. The highest BCUT2D eigenvalue weighted by molar-refractivity contribution is 5.76. The van der Waals surface area contributed by atoms with Crippen LogP contribution in [-0.4, -0.2) is 23.7 Å². The van der Waals surface area contributed by atoms with E-state index in [1.54, 1.807) is 0 Å². The van der Waals surface area contributed by atoms with Crippen LogP contribution in [0, 0.1) is 23.7 Å². The van der Waals surface area contributed by atoms with Crippen molar-refractivity contribution in [1.82, 2.24) is 5.32 Å². The fraction of sp³-hybridized carbons (Fsp3) is 0.929. The number of hydrogen-bond donors (Lipinski definition) is 2. The number of carbonyl (C=O) groups is 1. The number of carbonyl (C=O) groups excluding carboxylic acids is 1. The Morgan fingerprint density at radius 1 is 1.18 bits per heavy atom. The minimum atomic E-state index is 0.120. The first-order valence-electron chi connectivity index (χ1n) is 7.20. The van der Waals surface area contributed by atoms with E-state index in [1.807, 2.05) is 0 Å². The second kappa shape index (κ2) is 4.60. The van der Waals surface area contributed by atoms with Crippen LogP contribution in [0.2, 0.25) is 0 Å². The molecule has 2 bridgehead atoms. The molecule has 3 aliphatic carbocycles. The Labute approximate surface area is 103 Å². The quantitative estimate of drug-likeness (QED) is 0.782. The van der Waals surface area contributed by atoms with Crippen LogP contribution >= 0.6 is 0 Å². The van der Waals surface area contributed by atoms with Crippen molar-refractivity contribution in [2.75, 3.05) is 6.61 Å². The van der Waals surface area contributed by atoms with Crippen LogP contribution in [0.25, 0.3) is 0 Å². The van der Waals surface area contributed by atoms with Gasteiger partial charge in [-0.2, -0.15) is 0 Å². The van der Waals surface area contributed by atoms with E-state index in [-0.39, 0.29) is 12.5 Å². The van der Waals surface area contributed by atoms with Gasteiger partial charge in [-0.1, -0.05) is 6.42 Å². The molecular formula is C14H23NO2. The van der Waals surface area contributed by atoms with E-state index in [4.69, 9.17) is 5.11 Å². The van der Waals surface area contributed by atoms with Crippen LogP contribution < -0.4 is 5.32 Å². The highest BCUT2D eigenvalue weighted by Crippen LogP contribution is 2.58. The molecule has 2 N–H and O–H groups in total. The smallest absolute Gasteiger partial charge is 0.220 e. The summed E-state index contributed by atoms with van der Waals surface area (Å²) in [4.78, 5) is 11.7. The van der Waals surface area contributed by atoms with Crippen molar-refractivity contribution in [3.63, 3.8) is 0 Å². The summed E-state index contributed by atoms with van der Waals surface area (Å²) in [5, 5.41) is 11.9. The standard InChI is InChI=1S/C14H23NO2/c16-6-2-5-14(17)15-13-8-9-7-12(13)11-4-1-3-10(9)11/h9-13,16H,1-8H2,(H,15,17). The van der Waals surface area contributed by atoms with Gasteiger partial charge >= 0.3 is 0 Å². The fourth-order valence-corrected chi connectivity index (χ4v) is 4.75. The van der Waals surface area contributed by atoms with Gasteiger partial charge in [-0.25, -0.2) is 0 Å². The lowest BCUT2D eigenvalue weighted by Gasteiger charge is -2.32. The lowest BCUT2D eigenvalue weighted by atomic mass is 9.79. The van der Waals surface area contributed by atoms with Crippen molar-refractivity contribution >= 4 is 5.91 Å². The maximum absolute atomic E-state index is 11.7. The van der Waals surface area contributed by atoms with Gasteiger partial charge in [-0.05, 0) is 55.8 Å². The predicted octanol–water partition coefficient (Wildman–Crippen LogP) is 1.70. The van der Waals surface area contributed by atoms with Gasteiger partial charge in [-0.3, -0.25) is 4.79 Å². The van der Waals surface area contributed by atoms with Gasteiger partial charge in [0.1, 0.15) is 0 Å². The number of aliphatic hydroxyl groups is 1. The zero-order valence-electron chi connectivity index (χ0n) is 10.4. The lowest BCUT2D eigenvalue weighted by Crippen LogP contribution is -2.42. The monoisotopic (exact) mass is 237 g/mol. The van der Waals surface area contributed by atoms with Gasteiger partial charge in [0.05, 0.1) is 0 Å². The zero-order chi connectivity index (χ0) is 11.8. The van der Waals surface area contributed by atoms with Gasteiger partial charge in [0, 0.05) is 19.1 Å². The van der Waals surface area contributed by atoms with Crippen LogP contribution in [0.1, 0.15) is 44.9 Å². The molecule has 0 aromatic rings. The van der Waals surface area contributed by atoms with E-state index in [0.29, 0.717) is 18.9 Å². The van der Waals surface area contributed by atoms with Crippen LogP contribution in [0.3, 0.4) is 0 Å².